The summed E-state index contributed by atoms with van der Waals surface area (Å²) in [7, 11) is 0. The van der Waals surface area contributed by atoms with Gasteiger partial charge in [-0.3, -0.25) is 0 Å². The normalized spacial score (nSPS) is 17.8. The van der Waals surface area contributed by atoms with Gasteiger partial charge in [-0.1, -0.05) is 30.3 Å². The molecular weight excluding hydrogens is 316 g/mol. The van der Waals surface area contributed by atoms with Crippen LogP contribution in [0.2, 0.25) is 0 Å². The van der Waals surface area contributed by atoms with E-state index in [1.165, 1.54) is 0 Å². The van der Waals surface area contributed by atoms with Crippen molar-refractivity contribution < 1.29 is 0 Å². The molecule has 4 rings (SSSR count). The number of fused-ring (bicyclic) bond motifs is 1. The average Bonchev–Trinajstić information content (AvgIpc) is 3.07. The molecular formula is C19H20N4S. The minimum atomic E-state index is 0.390. The number of aromatic nitrogens is 2. The van der Waals surface area contributed by atoms with E-state index in [-0.39, 0.29) is 0 Å². The lowest BCUT2D eigenvalue weighted by atomic mass is 9.98. The van der Waals surface area contributed by atoms with Crippen molar-refractivity contribution in [2.45, 2.75) is 18.8 Å². The molecule has 2 aromatic carbocycles. The van der Waals surface area contributed by atoms with Gasteiger partial charge in [-0.25, -0.2) is 4.98 Å². The third-order valence-corrected chi connectivity index (χ3v) is 4.89. The highest BCUT2D eigenvalue weighted by atomic mass is 32.1. The van der Waals surface area contributed by atoms with Gasteiger partial charge in [0.05, 0.1) is 11.0 Å². The first-order valence-corrected chi connectivity index (χ1v) is 8.76. The molecule has 0 spiro atoms. The smallest absolute Gasteiger partial charge is 0.173 e. The first kappa shape index (κ1) is 15.1. The Morgan fingerprint density at radius 1 is 1.12 bits per heavy atom. The van der Waals surface area contributed by atoms with Crippen LogP contribution in [0, 0.1) is 0 Å². The molecule has 1 aliphatic heterocycles. The Bertz CT molecular complexity index is 810. The fraction of sp³-hybridized carbons (Fsp3) is 0.263. The second kappa shape index (κ2) is 6.61. The van der Waals surface area contributed by atoms with Crippen molar-refractivity contribution in [1.82, 2.24) is 14.9 Å². The lowest BCUT2D eigenvalue weighted by Crippen LogP contribution is -2.41. The number of benzene rings is 2. The van der Waals surface area contributed by atoms with Crippen LogP contribution in [0.25, 0.3) is 11.0 Å². The molecule has 1 aliphatic rings. The van der Waals surface area contributed by atoms with Gasteiger partial charge in [0.1, 0.15) is 5.82 Å². The summed E-state index contributed by atoms with van der Waals surface area (Å²) in [5.74, 6) is 1.46. The summed E-state index contributed by atoms with van der Waals surface area (Å²) in [5.41, 5.74) is 3.18. The van der Waals surface area contributed by atoms with Crippen LogP contribution in [0.15, 0.2) is 54.6 Å². The first-order valence-electron chi connectivity index (χ1n) is 8.35. The predicted molar refractivity (Wildman–Crippen MR) is 102 cm³/mol. The van der Waals surface area contributed by atoms with E-state index >= 15 is 0 Å². The Kier molecular flexibility index (Phi) is 4.17. The molecule has 2 heterocycles. The third-order valence-electron chi connectivity index (χ3n) is 4.53. The van der Waals surface area contributed by atoms with Gasteiger partial charge >= 0.3 is 0 Å². The molecule has 1 aromatic heterocycles. The highest BCUT2D eigenvalue weighted by Gasteiger charge is 2.25. The number of likely N-dealkylation sites (tertiary alicyclic amines) is 1. The van der Waals surface area contributed by atoms with Gasteiger partial charge in [-0.05, 0) is 49.3 Å². The number of aromatic amines is 1. The monoisotopic (exact) mass is 336 g/mol. The number of para-hydroxylation sites is 3. The molecule has 5 heteroatoms. The van der Waals surface area contributed by atoms with Crippen molar-refractivity contribution in [3.8, 4) is 0 Å². The molecule has 0 unspecified atom stereocenters. The minimum absolute atomic E-state index is 0.390. The molecule has 1 atom stereocenters. The van der Waals surface area contributed by atoms with Crippen LogP contribution in [-0.2, 0) is 0 Å². The number of anilines is 1. The van der Waals surface area contributed by atoms with Gasteiger partial charge in [0.2, 0.25) is 0 Å². The molecule has 3 aromatic rings. The SMILES string of the molecule is S=C(Nc1ccccc1)N1CCC[C@H](c2nc3ccccc3[nH]2)C1. The van der Waals surface area contributed by atoms with Crippen molar-refractivity contribution in [3.63, 3.8) is 0 Å². The number of piperidine rings is 1. The summed E-state index contributed by atoms with van der Waals surface area (Å²) in [6.07, 6.45) is 2.27. The van der Waals surface area contributed by atoms with Gasteiger partial charge in [-0.15, -0.1) is 0 Å². The third kappa shape index (κ3) is 3.12. The zero-order chi connectivity index (χ0) is 16.4. The van der Waals surface area contributed by atoms with Crippen LogP contribution in [0.5, 0.6) is 0 Å². The number of hydrogen-bond acceptors (Lipinski definition) is 2. The van der Waals surface area contributed by atoms with Crippen molar-refractivity contribution in [1.29, 1.82) is 0 Å². The van der Waals surface area contributed by atoms with Gasteiger partial charge in [0.25, 0.3) is 0 Å². The molecule has 4 nitrogen and oxygen atoms in total. The molecule has 2 N–H and O–H groups in total. The van der Waals surface area contributed by atoms with Gasteiger partial charge in [0.15, 0.2) is 5.11 Å². The standard InChI is InChI=1S/C19H20N4S/c24-19(20-15-8-2-1-3-9-15)23-12-6-7-14(13-23)18-21-16-10-4-5-11-17(16)22-18/h1-5,8-11,14H,6-7,12-13H2,(H,20,24)(H,21,22)/t14-/m0/s1. The molecule has 0 amide bonds. The maximum absolute atomic E-state index is 5.61. The van der Waals surface area contributed by atoms with E-state index in [0.717, 1.165) is 53.6 Å². The van der Waals surface area contributed by atoms with Crippen molar-refractivity contribution in [2.24, 2.45) is 0 Å². The largest absolute Gasteiger partial charge is 0.348 e. The Balaban J connectivity index is 1.48. The summed E-state index contributed by atoms with van der Waals surface area (Å²) >= 11 is 5.61. The van der Waals surface area contributed by atoms with Crippen molar-refractivity contribution in [3.05, 3.63) is 60.4 Å². The maximum Gasteiger partial charge on any atom is 0.173 e. The summed E-state index contributed by atoms with van der Waals surface area (Å²) < 4.78 is 0. The molecule has 0 saturated carbocycles. The number of imidazole rings is 1. The second-order valence-electron chi connectivity index (χ2n) is 6.22. The van der Waals surface area contributed by atoms with Gasteiger partial charge < -0.3 is 15.2 Å². The van der Waals surface area contributed by atoms with E-state index in [1.54, 1.807) is 0 Å². The van der Waals surface area contributed by atoms with Crippen LogP contribution in [0.1, 0.15) is 24.6 Å². The molecule has 1 fully saturated rings. The number of hydrogen-bond donors (Lipinski definition) is 2. The van der Waals surface area contributed by atoms with Crippen molar-refractivity contribution >= 4 is 34.1 Å². The Morgan fingerprint density at radius 3 is 2.75 bits per heavy atom. The van der Waals surface area contributed by atoms with Crippen LogP contribution < -0.4 is 5.32 Å². The van der Waals surface area contributed by atoms with E-state index in [4.69, 9.17) is 17.2 Å². The van der Waals surface area contributed by atoms with E-state index in [1.807, 2.05) is 42.5 Å². The van der Waals surface area contributed by atoms with Gasteiger partial charge in [0, 0.05) is 24.7 Å². The zero-order valence-electron chi connectivity index (χ0n) is 13.4. The summed E-state index contributed by atoms with van der Waals surface area (Å²) in [6, 6.07) is 18.3. The average molecular weight is 336 g/mol. The number of nitrogens with zero attached hydrogens (tertiary/aromatic N) is 2. The fourth-order valence-corrected chi connectivity index (χ4v) is 3.56. The Morgan fingerprint density at radius 2 is 1.92 bits per heavy atom. The molecule has 0 aliphatic carbocycles. The molecule has 122 valence electrons. The molecule has 24 heavy (non-hydrogen) atoms. The maximum atomic E-state index is 5.61. The minimum Gasteiger partial charge on any atom is -0.348 e. The van der Waals surface area contributed by atoms with Crippen LogP contribution >= 0.6 is 12.2 Å². The fourth-order valence-electron chi connectivity index (χ4n) is 3.27. The Hall–Kier alpha value is -2.40. The highest BCUT2D eigenvalue weighted by molar-refractivity contribution is 7.80. The quantitative estimate of drug-likeness (QED) is 0.690. The highest BCUT2D eigenvalue weighted by Crippen LogP contribution is 2.27. The molecule has 0 radical (unpaired) electrons. The topological polar surface area (TPSA) is 44.0 Å². The zero-order valence-corrected chi connectivity index (χ0v) is 14.2. The van der Waals surface area contributed by atoms with Crippen molar-refractivity contribution in [2.75, 3.05) is 18.4 Å². The number of thiocarbonyl (C=S) groups is 1. The number of nitrogens with one attached hydrogen (secondary N) is 2. The summed E-state index contributed by atoms with van der Waals surface area (Å²) in [6.45, 7) is 1.90. The molecule has 1 saturated heterocycles. The van der Waals surface area contributed by atoms with E-state index in [2.05, 4.69) is 27.3 Å². The summed E-state index contributed by atoms with van der Waals surface area (Å²) in [4.78, 5) is 10.5. The van der Waals surface area contributed by atoms with Crippen LogP contribution in [0.3, 0.4) is 0 Å². The Labute approximate surface area is 146 Å². The lowest BCUT2D eigenvalue weighted by molar-refractivity contribution is 0.307. The lowest BCUT2D eigenvalue weighted by Gasteiger charge is -2.33. The predicted octanol–water partition coefficient (Wildman–Crippen LogP) is 4.14. The van der Waals surface area contributed by atoms with E-state index in [0.29, 0.717) is 5.92 Å². The second-order valence-corrected chi connectivity index (χ2v) is 6.61. The van der Waals surface area contributed by atoms with Crippen LogP contribution in [0.4, 0.5) is 5.69 Å². The van der Waals surface area contributed by atoms with Gasteiger partial charge in [-0.2, -0.15) is 0 Å². The molecule has 0 bridgehead atoms. The number of H-pyrrole nitrogens is 1. The van der Waals surface area contributed by atoms with Crippen LogP contribution in [-0.4, -0.2) is 33.1 Å². The van der Waals surface area contributed by atoms with E-state index < -0.39 is 0 Å². The summed E-state index contributed by atoms with van der Waals surface area (Å²) in [5, 5.41) is 4.13. The first-order chi connectivity index (χ1) is 11.8. The number of rotatable bonds is 2. The van der Waals surface area contributed by atoms with E-state index in [9.17, 15) is 0 Å².